The Morgan fingerprint density at radius 3 is 1.60 bits per heavy atom. The minimum Gasteiger partial charge on any atom is -0.444 e. The lowest BCUT2D eigenvalue weighted by Gasteiger charge is -2.20. The van der Waals surface area contributed by atoms with Gasteiger partial charge in [-0.2, -0.15) is 18.4 Å². The summed E-state index contributed by atoms with van der Waals surface area (Å²) in [6.07, 6.45) is 7.40. The number of hydrogen-bond acceptors (Lipinski definition) is 15. The molecule has 0 aliphatic rings. The SMILES string of the molecule is CC(C)(C)OC(=O)NCCCC[C@H](NC(=O)c1ccc(F)nc1)C(=O)Cn1ncnn1.NCCCC[C@H](NC(=O)c1ccc(F)nc1)C(=O)Cn1ncnn1. The maximum atomic E-state index is 13.0. The van der Waals surface area contributed by atoms with Crippen LogP contribution in [0.1, 0.15) is 80.0 Å². The number of carbonyl (C=O) groups excluding carboxylic acids is 5. The van der Waals surface area contributed by atoms with Gasteiger partial charge in [-0.3, -0.25) is 19.2 Å². The molecular weight excluding hydrogens is 726 g/mol. The van der Waals surface area contributed by atoms with Gasteiger partial charge in [-0.15, -0.1) is 20.4 Å². The van der Waals surface area contributed by atoms with E-state index in [4.69, 9.17) is 10.5 Å². The second-order valence-corrected chi connectivity index (χ2v) is 12.9. The number of hydrogen-bond donors (Lipinski definition) is 4. The number of aromatic nitrogens is 10. The van der Waals surface area contributed by atoms with Gasteiger partial charge >= 0.3 is 6.09 Å². The van der Waals surface area contributed by atoms with Crippen LogP contribution < -0.4 is 21.7 Å². The number of nitrogens with zero attached hydrogens (tertiary/aromatic N) is 10. The predicted molar refractivity (Wildman–Crippen MR) is 188 cm³/mol. The van der Waals surface area contributed by atoms with Gasteiger partial charge in [-0.05, 0) is 101 Å². The highest BCUT2D eigenvalue weighted by atomic mass is 19.1. The van der Waals surface area contributed by atoms with E-state index in [-0.39, 0.29) is 35.8 Å². The molecule has 0 bridgehead atoms. The summed E-state index contributed by atoms with van der Waals surface area (Å²) in [5, 5.41) is 29.9. The van der Waals surface area contributed by atoms with Crippen molar-refractivity contribution in [3.8, 4) is 0 Å². The van der Waals surface area contributed by atoms with E-state index in [0.29, 0.717) is 45.2 Å². The van der Waals surface area contributed by atoms with E-state index >= 15 is 0 Å². The molecule has 0 aliphatic heterocycles. The van der Waals surface area contributed by atoms with E-state index in [2.05, 4.69) is 56.7 Å². The van der Waals surface area contributed by atoms with Crippen molar-refractivity contribution in [1.82, 2.24) is 66.3 Å². The Morgan fingerprint density at radius 1 is 0.745 bits per heavy atom. The number of rotatable bonds is 19. The molecule has 5 N–H and O–H groups in total. The average Bonchev–Trinajstić information content (AvgIpc) is 3.85. The summed E-state index contributed by atoms with van der Waals surface area (Å²) in [4.78, 5) is 70.5. The second kappa shape index (κ2) is 22.1. The molecule has 4 heterocycles. The highest BCUT2D eigenvalue weighted by Crippen LogP contribution is 2.09. The van der Waals surface area contributed by atoms with Gasteiger partial charge in [-0.25, -0.2) is 14.8 Å². The largest absolute Gasteiger partial charge is 0.444 e. The molecule has 4 rings (SSSR count). The number of pyridine rings is 2. The number of ketones is 2. The maximum Gasteiger partial charge on any atom is 0.407 e. The van der Waals surface area contributed by atoms with Gasteiger partial charge in [0.05, 0.1) is 23.2 Å². The van der Waals surface area contributed by atoms with Crippen LogP contribution >= 0.6 is 0 Å². The van der Waals surface area contributed by atoms with Crippen LogP contribution in [0.5, 0.6) is 0 Å². The van der Waals surface area contributed by atoms with Gasteiger partial charge in [0.1, 0.15) is 18.7 Å². The average molecular weight is 771 g/mol. The van der Waals surface area contributed by atoms with Crippen molar-refractivity contribution in [2.45, 2.75) is 90.1 Å². The van der Waals surface area contributed by atoms with Crippen LogP contribution in [0.25, 0.3) is 0 Å². The molecule has 0 radical (unpaired) electrons. The third kappa shape index (κ3) is 16.6. The number of nitrogens with one attached hydrogen (secondary N) is 3. The first-order valence-corrected chi connectivity index (χ1v) is 17.2. The molecule has 20 nitrogen and oxygen atoms in total. The smallest absolute Gasteiger partial charge is 0.407 e. The summed E-state index contributed by atoms with van der Waals surface area (Å²) in [5.74, 6) is -3.02. The molecule has 55 heavy (non-hydrogen) atoms. The van der Waals surface area contributed by atoms with E-state index in [1.54, 1.807) is 20.8 Å². The quantitative estimate of drug-likeness (QED) is 0.0764. The highest BCUT2D eigenvalue weighted by Gasteiger charge is 2.24. The molecule has 0 fully saturated rings. The molecule has 2 atom stereocenters. The number of halogens is 2. The van der Waals surface area contributed by atoms with Crippen LogP contribution in [0.2, 0.25) is 0 Å². The third-order valence-electron chi connectivity index (χ3n) is 7.28. The van der Waals surface area contributed by atoms with Crippen LogP contribution in [0.4, 0.5) is 13.6 Å². The van der Waals surface area contributed by atoms with Crippen molar-refractivity contribution in [2.75, 3.05) is 13.1 Å². The zero-order valence-corrected chi connectivity index (χ0v) is 30.6. The second-order valence-electron chi connectivity index (χ2n) is 12.9. The molecule has 0 aliphatic carbocycles. The molecule has 22 heteroatoms. The van der Waals surface area contributed by atoms with Crippen LogP contribution in [-0.4, -0.2) is 111 Å². The van der Waals surface area contributed by atoms with Crippen molar-refractivity contribution in [3.05, 3.63) is 72.3 Å². The lowest BCUT2D eigenvalue weighted by molar-refractivity contribution is -0.122. The number of alkyl carbamates (subject to hydrolysis) is 1. The van der Waals surface area contributed by atoms with E-state index < -0.39 is 47.5 Å². The standard InChI is InChI=1S/C19H26FN7O4.C14H18FN7O2/c1-19(2,3)31-18(30)21-9-5-4-6-14(15(28)11-27-24-12-23-26-27)25-17(29)13-7-8-16(20)22-10-13;15-13-5-4-10(7-17-13)14(24)20-11(3-1-2-6-16)12(23)8-22-19-9-18-21-22/h7-8,10,12,14H,4-6,9,11H2,1-3H3,(H,21,30)(H,25,29);4-5,7,9,11H,1-3,6,8,16H2,(H,20,24)/t14-;11-/m00/s1. The van der Waals surface area contributed by atoms with Crippen LogP contribution in [0.3, 0.4) is 0 Å². The van der Waals surface area contributed by atoms with Crippen LogP contribution in [0.15, 0.2) is 49.3 Å². The van der Waals surface area contributed by atoms with E-state index in [0.717, 1.165) is 40.5 Å². The monoisotopic (exact) mass is 770 g/mol. The first-order valence-electron chi connectivity index (χ1n) is 17.2. The maximum absolute atomic E-state index is 13.0. The first-order chi connectivity index (χ1) is 26.2. The molecular formula is C33H44F2N14O6. The summed E-state index contributed by atoms with van der Waals surface area (Å²) in [7, 11) is 0. The number of unbranched alkanes of at least 4 members (excludes halogenated alkanes) is 2. The Balaban J connectivity index is 0.000000305. The number of carbonyl (C=O) groups is 5. The summed E-state index contributed by atoms with van der Waals surface area (Å²) >= 11 is 0. The Hall–Kier alpha value is -6.19. The summed E-state index contributed by atoms with van der Waals surface area (Å²) < 4.78 is 31.0. The molecule has 296 valence electrons. The van der Waals surface area contributed by atoms with Gasteiger partial charge in [-0.1, -0.05) is 0 Å². The number of nitrogens with two attached hydrogens (primary N) is 1. The molecule has 0 saturated carbocycles. The van der Waals surface area contributed by atoms with Crippen LogP contribution in [0, 0.1) is 11.9 Å². The molecule has 0 unspecified atom stereocenters. The van der Waals surface area contributed by atoms with Crippen molar-refractivity contribution in [2.24, 2.45) is 5.73 Å². The predicted octanol–water partition coefficient (Wildman–Crippen LogP) is 0.974. The minimum atomic E-state index is -0.829. The fourth-order valence-electron chi connectivity index (χ4n) is 4.62. The highest BCUT2D eigenvalue weighted by molar-refractivity contribution is 5.98. The van der Waals surface area contributed by atoms with Gasteiger partial charge in [0, 0.05) is 18.9 Å². The Bertz CT molecular complexity index is 1790. The van der Waals surface area contributed by atoms with Crippen molar-refractivity contribution >= 4 is 29.5 Å². The zero-order chi connectivity index (χ0) is 40.2. The lowest BCUT2D eigenvalue weighted by Crippen LogP contribution is -2.42. The van der Waals surface area contributed by atoms with Crippen molar-refractivity contribution in [1.29, 1.82) is 0 Å². The number of tetrazole rings is 2. The van der Waals surface area contributed by atoms with Crippen LogP contribution in [-0.2, 0) is 27.4 Å². The molecule has 0 saturated heterocycles. The lowest BCUT2D eigenvalue weighted by atomic mass is 10.0. The summed E-state index contributed by atoms with van der Waals surface area (Å²) in [5.41, 5.74) is 5.17. The van der Waals surface area contributed by atoms with E-state index in [1.807, 2.05) is 0 Å². The van der Waals surface area contributed by atoms with Gasteiger partial charge in [0.2, 0.25) is 11.9 Å². The molecule has 4 aromatic heterocycles. The first kappa shape index (κ1) is 43.2. The molecule has 0 aromatic carbocycles. The third-order valence-corrected chi connectivity index (χ3v) is 7.28. The topological polar surface area (TPSA) is 270 Å². The van der Waals surface area contributed by atoms with Gasteiger partial charge in [0.25, 0.3) is 11.8 Å². The van der Waals surface area contributed by atoms with E-state index in [9.17, 15) is 32.8 Å². The normalized spacial score (nSPS) is 12.0. The summed E-state index contributed by atoms with van der Waals surface area (Å²) in [6.45, 7) is 5.90. The Kier molecular flexibility index (Phi) is 17.4. The Labute approximate surface area is 314 Å². The van der Waals surface area contributed by atoms with Gasteiger partial charge in [0.15, 0.2) is 24.2 Å². The molecule has 3 amide bonds. The fraction of sp³-hybridized carbons (Fsp3) is 0.485. The van der Waals surface area contributed by atoms with Crippen molar-refractivity contribution < 1.29 is 37.5 Å². The van der Waals surface area contributed by atoms with Crippen molar-refractivity contribution in [3.63, 3.8) is 0 Å². The number of ether oxygens (including phenoxy) is 1. The zero-order valence-electron chi connectivity index (χ0n) is 30.6. The number of amides is 3. The Morgan fingerprint density at radius 2 is 1.22 bits per heavy atom. The van der Waals surface area contributed by atoms with Gasteiger partial charge < -0.3 is 26.4 Å². The van der Waals surface area contributed by atoms with E-state index in [1.165, 1.54) is 24.8 Å². The summed E-state index contributed by atoms with van der Waals surface area (Å²) in [6, 6.07) is 3.18. The molecule has 4 aromatic rings. The number of Topliss-reactive ketones (excluding diaryl/α,β-unsaturated/α-hetero) is 2. The fourth-order valence-corrected chi connectivity index (χ4v) is 4.62. The minimum absolute atomic E-state index is 0.102. The molecule has 0 spiro atoms.